The van der Waals surface area contributed by atoms with Gasteiger partial charge in [-0.3, -0.25) is 0 Å². The molecule has 0 aliphatic rings. The molecule has 1 aromatic heterocycles. The summed E-state index contributed by atoms with van der Waals surface area (Å²) in [6, 6.07) is 1.70. The van der Waals surface area contributed by atoms with E-state index in [1.165, 1.54) is 11.9 Å². The topological polar surface area (TPSA) is 28.2 Å². The molecule has 18 heavy (non-hydrogen) atoms. The third-order valence-corrected chi connectivity index (χ3v) is 2.63. The number of pyridine rings is 1. The average Bonchev–Trinajstić information content (AvgIpc) is 2.25. The highest BCUT2D eigenvalue weighted by Crippen LogP contribution is 2.25. The molecule has 0 aliphatic heterocycles. The van der Waals surface area contributed by atoms with E-state index >= 15 is 0 Å². The zero-order valence-electron chi connectivity index (χ0n) is 10.2. The summed E-state index contributed by atoms with van der Waals surface area (Å²) >= 11 is 6.00. The minimum absolute atomic E-state index is 0.165. The highest BCUT2D eigenvalue weighted by Gasteiger charge is 2.27. The molecule has 0 saturated heterocycles. The lowest BCUT2D eigenvalue weighted by atomic mass is 10.2. The molecular formula is C11H15ClF3N3. The first-order chi connectivity index (χ1) is 8.33. The van der Waals surface area contributed by atoms with E-state index in [0.29, 0.717) is 17.4 Å². The van der Waals surface area contributed by atoms with Crippen molar-refractivity contribution in [3.05, 3.63) is 22.8 Å². The van der Waals surface area contributed by atoms with Gasteiger partial charge in [-0.25, -0.2) is 4.98 Å². The smallest absolute Gasteiger partial charge is 0.358 e. The molecule has 1 heterocycles. The quantitative estimate of drug-likeness (QED) is 0.899. The molecule has 0 unspecified atom stereocenters. The van der Waals surface area contributed by atoms with Gasteiger partial charge in [0.05, 0.1) is 11.4 Å². The predicted molar refractivity (Wildman–Crippen MR) is 66.0 cm³/mol. The molecule has 1 aromatic rings. The first kappa shape index (κ1) is 15.0. The van der Waals surface area contributed by atoms with Gasteiger partial charge < -0.3 is 10.2 Å². The number of anilines is 1. The fraction of sp³-hybridized carbons (Fsp3) is 0.545. The van der Waals surface area contributed by atoms with Crippen LogP contribution in [-0.2, 0) is 6.54 Å². The lowest BCUT2D eigenvalue weighted by Gasteiger charge is -2.20. The first-order valence-electron chi connectivity index (χ1n) is 5.40. The molecule has 0 aliphatic carbocycles. The van der Waals surface area contributed by atoms with Crippen LogP contribution in [0.25, 0.3) is 0 Å². The van der Waals surface area contributed by atoms with E-state index in [2.05, 4.69) is 10.3 Å². The summed E-state index contributed by atoms with van der Waals surface area (Å²) in [7, 11) is 3.33. The number of nitrogens with zero attached hydrogens (tertiary/aromatic N) is 2. The van der Waals surface area contributed by atoms with Crippen molar-refractivity contribution in [1.82, 2.24) is 10.3 Å². The Balaban J connectivity index is 2.71. The van der Waals surface area contributed by atoms with Crippen LogP contribution in [0.4, 0.5) is 19.0 Å². The number of nitrogens with one attached hydrogen (secondary N) is 1. The van der Waals surface area contributed by atoms with Gasteiger partial charge in [-0.05, 0) is 18.7 Å². The van der Waals surface area contributed by atoms with Crippen LogP contribution < -0.4 is 10.2 Å². The SMILES string of the molecule is CNCc1cnc(N(C)CCC(F)(F)F)c(Cl)c1. The molecule has 0 radical (unpaired) electrons. The predicted octanol–water partition coefficient (Wildman–Crippen LogP) is 2.84. The van der Waals surface area contributed by atoms with Crippen LogP contribution in [0.2, 0.25) is 5.02 Å². The summed E-state index contributed by atoms with van der Waals surface area (Å²) in [6.07, 6.45) is -3.46. The summed E-state index contributed by atoms with van der Waals surface area (Å²) in [5.41, 5.74) is 0.885. The average molecular weight is 282 g/mol. The molecular weight excluding hydrogens is 267 g/mol. The molecule has 0 amide bonds. The fourth-order valence-corrected chi connectivity index (χ4v) is 1.79. The number of rotatable bonds is 5. The van der Waals surface area contributed by atoms with Gasteiger partial charge in [0.2, 0.25) is 0 Å². The summed E-state index contributed by atoms with van der Waals surface area (Å²) < 4.78 is 36.3. The highest BCUT2D eigenvalue weighted by molar-refractivity contribution is 6.33. The standard InChI is InChI=1S/C11H15ClF3N3/c1-16-6-8-5-9(12)10(17-7-8)18(2)4-3-11(13,14)15/h5,7,16H,3-4,6H2,1-2H3. The zero-order valence-corrected chi connectivity index (χ0v) is 10.9. The molecule has 1 N–H and O–H groups in total. The lowest BCUT2D eigenvalue weighted by Crippen LogP contribution is -2.25. The van der Waals surface area contributed by atoms with Crippen molar-refractivity contribution in [2.24, 2.45) is 0 Å². The highest BCUT2D eigenvalue weighted by atomic mass is 35.5. The molecule has 0 saturated carbocycles. The van der Waals surface area contributed by atoms with E-state index in [9.17, 15) is 13.2 Å². The van der Waals surface area contributed by atoms with Gasteiger partial charge in [0.25, 0.3) is 0 Å². The monoisotopic (exact) mass is 281 g/mol. The van der Waals surface area contributed by atoms with Gasteiger partial charge in [0.15, 0.2) is 0 Å². The van der Waals surface area contributed by atoms with E-state index in [1.807, 2.05) is 0 Å². The maximum Gasteiger partial charge on any atom is 0.390 e. The second kappa shape index (κ2) is 6.24. The number of hydrogen-bond acceptors (Lipinski definition) is 3. The summed E-state index contributed by atoms with van der Waals surface area (Å²) in [5.74, 6) is 0.362. The molecule has 0 spiro atoms. The normalized spacial score (nSPS) is 11.7. The number of hydrogen-bond donors (Lipinski definition) is 1. The Morgan fingerprint density at radius 3 is 2.61 bits per heavy atom. The maximum absolute atomic E-state index is 12.1. The van der Waals surface area contributed by atoms with Crippen LogP contribution in [0.3, 0.4) is 0 Å². The van der Waals surface area contributed by atoms with Crippen molar-refractivity contribution in [2.75, 3.05) is 25.5 Å². The largest absolute Gasteiger partial charge is 0.390 e. The molecule has 0 atom stereocenters. The second-order valence-corrected chi connectivity index (χ2v) is 4.37. The Bertz CT molecular complexity index is 396. The number of halogens is 4. The van der Waals surface area contributed by atoms with E-state index < -0.39 is 12.6 Å². The molecule has 0 aromatic carbocycles. The zero-order chi connectivity index (χ0) is 13.8. The molecule has 102 valence electrons. The van der Waals surface area contributed by atoms with E-state index in [4.69, 9.17) is 11.6 Å². The molecule has 3 nitrogen and oxygen atoms in total. The molecule has 0 fully saturated rings. The van der Waals surface area contributed by atoms with Crippen LogP contribution >= 0.6 is 11.6 Å². The Labute approximate surface area is 109 Å². The Morgan fingerprint density at radius 1 is 1.44 bits per heavy atom. The van der Waals surface area contributed by atoms with Gasteiger partial charge in [0.1, 0.15) is 5.82 Å². The summed E-state index contributed by atoms with van der Waals surface area (Å²) in [4.78, 5) is 5.49. The van der Waals surface area contributed by atoms with Gasteiger partial charge in [0, 0.05) is 26.3 Å². The van der Waals surface area contributed by atoms with Crippen LogP contribution in [-0.4, -0.2) is 31.8 Å². The third kappa shape index (κ3) is 4.70. The van der Waals surface area contributed by atoms with Crippen molar-refractivity contribution >= 4 is 17.4 Å². The lowest BCUT2D eigenvalue weighted by molar-refractivity contribution is -0.132. The minimum Gasteiger partial charge on any atom is -0.358 e. The first-order valence-corrected chi connectivity index (χ1v) is 5.78. The van der Waals surface area contributed by atoms with Crippen molar-refractivity contribution in [2.45, 2.75) is 19.1 Å². The van der Waals surface area contributed by atoms with Gasteiger partial charge in [-0.2, -0.15) is 13.2 Å². The van der Waals surface area contributed by atoms with Crippen molar-refractivity contribution < 1.29 is 13.2 Å². The van der Waals surface area contributed by atoms with Crippen molar-refractivity contribution in [1.29, 1.82) is 0 Å². The molecule has 7 heteroatoms. The number of aromatic nitrogens is 1. The number of alkyl halides is 3. The van der Waals surface area contributed by atoms with E-state index in [0.717, 1.165) is 5.56 Å². The van der Waals surface area contributed by atoms with Crippen LogP contribution in [0, 0.1) is 0 Å². The van der Waals surface area contributed by atoms with Crippen molar-refractivity contribution in [3.8, 4) is 0 Å². The Kier molecular flexibility index (Phi) is 5.22. The Hall–Kier alpha value is -1.01. The maximum atomic E-state index is 12.1. The third-order valence-electron chi connectivity index (χ3n) is 2.35. The van der Waals surface area contributed by atoms with Gasteiger partial charge in [-0.15, -0.1) is 0 Å². The van der Waals surface area contributed by atoms with Crippen LogP contribution in [0.15, 0.2) is 12.3 Å². The molecule has 0 bridgehead atoms. The molecule has 1 rings (SSSR count). The second-order valence-electron chi connectivity index (χ2n) is 3.97. The van der Waals surface area contributed by atoms with E-state index in [1.54, 1.807) is 19.3 Å². The van der Waals surface area contributed by atoms with Crippen LogP contribution in [0.5, 0.6) is 0 Å². The van der Waals surface area contributed by atoms with Crippen molar-refractivity contribution in [3.63, 3.8) is 0 Å². The van der Waals surface area contributed by atoms with Crippen LogP contribution in [0.1, 0.15) is 12.0 Å². The summed E-state index contributed by atoms with van der Waals surface area (Å²) in [6.45, 7) is 0.445. The van der Waals surface area contributed by atoms with Gasteiger partial charge in [-0.1, -0.05) is 11.6 Å². The van der Waals surface area contributed by atoms with Gasteiger partial charge >= 0.3 is 6.18 Å². The van der Waals surface area contributed by atoms with E-state index in [-0.39, 0.29) is 6.54 Å². The summed E-state index contributed by atoms with van der Waals surface area (Å²) in [5, 5.41) is 3.30. The minimum atomic E-state index is -4.17. The fourth-order valence-electron chi connectivity index (χ4n) is 1.45. The Morgan fingerprint density at radius 2 is 2.11 bits per heavy atom.